The lowest BCUT2D eigenvalue weighted by atomic mass is 10.2. The topological polar surface area (TPSA) is 3.24 Å². The molecule has 62 valence electrons. The van der Waals surface area contributed by atoms with Crippen molar-refractivity contribution in [2.45, 2.75) is 0 Å². The summed E-state index contributed by atoms with van der Waals surface area (Å²) in [6.45, 7) is 0. The predicted octanol–water partition coefficient (Wildman–Crippen LogP) is 1.99. The van der Waals surface area contributed by atoms with Gasteiger partial charge in [-0.15, -0.1) is 0 Å². The summed E-state index contributed by atoms with van der Waals surface area (Å²) in [7, 11) is 4.03. The summed E-state index contributed by atoms with van der Waals surface area (Å²) in [6, 6.07) is 8.04. The fourth-order valence-electron chi connectivity index (χ4n) is 0.907. The van der Waals surface area contributed by atoms with Crippen LogP contribution in [-0.4, -0.2) is 14.1 Å². The molecule has 1 aromatic rings. The van der Waals surface area contributed by atoms with E-state index in [1.807, 2.05) is 38.4 Å². The van der Waals surface area contributed by atoms with Gasteiger partial charge in [0, 0.05) is 25.3 Å². The van der Waals surface area contributed by atoms with Gasteiger partial charge in [0.25, 0.3) is 0 Å². The second-order valence-electron chi connectivity index (χ2n) is 2.68. The summed E-state index contributed by atoms with van der Waals surface area (Å²) in [6.07, 6.45) is 0. The third-order valence-corrected chi connectivity index (χ3v) is 1.70. The highest BCUT2D eigenvalue weighted by Gasteiger charge is 1.92. The molecule has 0 bridgehead atoms. The van der Waals surface area contributed by atoms with E-state index in [0.29, 0.717) is 0 Å². The molecule has 0 unspecified atom stereocenters. The monoisotopic (exact) mass is 177 g/mol. The van der Waals surface area contributed by atoms with E-state index in [4.69, 9.17) is 0 Å². The largest absolute Gasteiger partial charge is 0.378 e. The lowest BCUT2D eigenvalue weighted by Crippen LogP contribution is -2.07. The predicted molar refractivity (Wildman–Crippen MR) is 56.6 cm³/mol. The van der Waals surface area contributed by atoms with Crippen molar-refractivity contribution in [3.8, 4) is 11.2 Å². The Labute approximate surface area is 78.8 Å². The minimum atomic E-state index is 0.996. The van der Waals surface area contributed by atoms with Crippen LogP contribution in [-0.2, 0) is 0 Å². The molecular formula is C10H11NS. The molecule has 1 aromatic carbocycles. The maximum absolute atomic E-state index is 3.83. The zero-order chi connectivity index (χ0) is 8.97. The summed E-state index contributed by atoms with van der Waals surface area (Å²) in [4.78, 5) is 2.05. The van der Waals surface area contributed by atoms with Crippen molar-refractivity contribution in [1.82, 2.24) is 0 Å². The third-order valence-electron chi connectivity index (χ3n) is 1.58. The van der Waals surface area contributed by atoms with Crippen LogP contribution in [0.25, 0.3) is 0 Å². The van der Waals surface area contributed by atoms with E-state index in [1.54, 1.807) is 0 Å². The van der Waals surface area contributed by atoms with Crippen LogP contribution in [0.5, 0.6) is 0 Å². The van der Waals surface area contributed by atoms with E-state index in [1.165, 1.54) is 5.69 Å². The van der Waals surface area contributed by atoms with E-state index in [9.17, 15) is 0 Å². The summed E-state index contributed by atoms with van der Waals surface area (Å²) < 4.78 is 0. The highest BCUT2D eigenvalue weighted by atomic mass is 32.1. The van der Waals surface area contributed by atoms with Gasteiger partial charge >= 0.3 is 0 Å². The van der Waals surface area contributed by atoms with Gasteiger partial charge in [-0.05, 0) is 29.5 Å². The van der Waals surface area contributed by atoms with Gasteiger partial charge in [-0.2, -0.15) is 0 Å². The molecule has 0 aliphatic heterocycles. The molecule has 0 atom stereocenters. The summed E-state index contributed by atoms with van der Waals surface area (Å²) in [5.41, 5.74) is 2.18. The van der Waals surface area contributed by atoms with Crippen molar-refractivity contribution in [1.29, 1.82) is 0 Å². The minimum absolute atomic E-state index is 0.996. The molecule has 0 saturated carbocycles. The van der Waals surface area contributed by atoms with Gasteiger partial charge in [-0.3, -0.25) is 0 Å². The Morgan fingerprint density at radius 2 is 1.75 bits per heavy atom. The first-order valence-electron chi connectivity index (χ1n) is 3.66. The van der Waals surface area contributed by atoms with Gasteiger partial charge < -0.3 is 4.90 Å². The van der Waals surface area contributed by atoms with Gasteiger partial charge in [-0.1, -0.05) is 18.5 Å². The fraction of sp³-hybridized carbons (Fsp3) is 0.200. The smallest absolute Gasteiger partial charge is 0.0361 e. The zero-order valence-electron chi connectivity index (χ0n) is 7.20. The molecule has 0 amide bonds. The lowest BCUT2D eigenvalue weighted by Gasteiger charge is -2.11. The van der Waals surface area contributed by atoms with Gasteiger partial charge in [0.15, 0.2) is 0 Å². The third kappa shape index (κ3) is 2.21. The van der Waals surface area contributed by atoms with Gasteiger partial charge in [-0.25, -0.2) is 0 Å². The molecule has 0 aliphatic rings. The van der Waals surface area contributed by atoms with Gasteiger partial charge in [0.05, 0.1) is 0 Å². The number of hydrogen-bond acceptors (Lipinski definition) is 2. The first-order chi connectivity index (χ1) is 5.74. The van der Waals surface area contributed by atoms with E-state index < -0.39 is 0 Å². The number of anilines is 1. The van der Waals surface area contributed by atoms with Crippen molar-refractivity contribution >= 4 is 18.3 Å². The van der Waals surface area contributed by atoms with E-state index >= 15 is 0 Å². The molecule has 0 N–H and O–H groups in total. The van der Waals surface area contributed by atoms with Crippen LogP contribution < -0.4 is 4.90 Å². The quantitative estimate of drug-likeness (QED) is 0.507. The highest BCUT2D eigenvalue weighted by molar-refractivity contribution is 7.85. The molecule has 0 heterocycles. The van der Waals surface area contributed by atoms with Crippen LogP contribution in [0, 0.1) is 11.2 Å². The van der Waals surface area contributed by atoms with Crippen LogP contribution in [0.15, 0.2) is 24.3 Å². The minimum Gasteiger partial charge on any atom is -0.378 e. The Bertz CT molecular complexity index is 303. The van der Waals surface area contributed by atoms with Crippen molar-refractivity contribution in [2.24, 2.45) is 0 Å². The Morgan fingerprint density at radius 3 is 2.17 bits per heavy atom. The molecule has 0 fully saturated rings. The maximum atomic E-state index is 3.83. The number of rotatable bonds is 1. The molecule has 12 heavy (non-hydrogen) atoms. The molecule has 0 aliphatic carbocycles. The fourth-order valence-corrected chi connectivity index (χ4v) is 1.04. The van der Waals surface area contributed by atoms with Crippen molar-refractivity contribution in [3.05, 3.63) is 29.8 Å². The average Bonchev–Trinajstić information content (AvgIpc) is 2.06. The van der Waals surface area contributed by atoms with Crippen LogP contribution in [0.1, 0.15) is 5.56 Å². The molecule has 1 nitrogen and oxygen atoms in total. The molecule has 0 spiro atoms. The zero-order valence-corrected chi connectivity index (χ0v) is 8.10. The van der Waals surface area contributed by atoms with Crippen LogP contribution in [0.2, 0.25) is 0 Å². The molecule has 1 rings (SSSR count). The summed E-state index contributed by atoms with van der Waals surface area (Å²) in [5, 5.41) is 2.56. The van der Waals surface area contributed by atoms with Crippen LogP contribution in [0.4, 0.5) is 5.69 Å². The molecule has 0 aromatic heterocycles. The Hall–Kier alpha value is -1.07. The highest BCUT2D eigenvalue weighted by Crippen LogP contribution is 2.11. The van der Waals surface area contributed by atoms with Crippen molar-refractivity contribution < 1.29 is 0 Å². The van der Waals surface area contributed by atoms with Crippen molar-refractivity contribution in [3.63, 3.8) is 0 Å². The SMILES string of the molecule is CN(C)c1ccc(C#CS)cc1. The van der Waals surface area contributed by atoms with Gasteiger partial charge in [0.1, 0.15) is 0 Å². The number of hydrogen-bond donors (Lipinski definition) is 1. The normalized spacial score (nSPS) is 8.58. The molecular weight excluding hydrogens is 166 g/mol. The Kier molecular flexibility index (Phi) is 3.07. The molecule has 2 heteroatoms. The number of nitrogens with zero attached hydrogens (tertiary/aromatic N) is 1. The van der Waals surface area contributed by atoms with Crippen LogP contribution in [0.3, 0.4) is 0 Å². The van der Waals surface area contributed by atoms with Crippen molar-refractivity contribution in [2.75, 3.05) is 19.0 Å². The Balaban J connectivity index is 2.90. The molecule has 0 radical (unpaired) electrons. The van der Waals surface area contributed by atoms with E-state index in [-0.39, 0.29) is 0 Å². The Morgan fingerprint density at radius 1 is 1.17 bits per heavy atom. The first kappa shape index (κ1) is 9.02. The molecule has 0 saturated heterocycles. The second kappa shape index (κ2) is 4.08. The van der Waals surface area contributed by atoms with Gasteiger partial charge in [0.2, 0.25) is 0 Å². The summed E-state index contributed by atoms with van der Waals surface area (Å²) >= 11 is 3.83. The van der Waals surface area contributed by atoms with E-state index in [0.717, 1.165) is 5.56 Å². The maximum Gasteiger partial charge on any atom is 0.0361 e. The standard InChI is InChI=1S/C10H11NS/c1-11(2)10-5-3-9(4-6-10)7-8-12/h3-6,12H,1-2H3. The first-order valence-corrected chi connectivity index (χ1v) is 4.11. The van der Waals surface area contributed by atoms with Crippen LogP contribution >= 0.6 is 12.6 Å². The van der Waals surface area contributed by atoms with E-state index in [2.05, 4.69) is 28.7 Å². The number of benzene rings is 1. The summed E-state index contributed by atoms with van der Waals surface area (Å²) in [5.74, 6) is 2.87. The average molecular weight is 177 g/mol. The second-order valence-corrected chi connectivity index (χ2v) is 2.90. The lowest BCUT2D eigenvalue weighted by molar-refractivity contribution is 1.13. The number of thiol groups is 1.